The highest BCUT2D eigenvalue weighted by molar-refractivity contribution is 5.86. The molecule has 0 spiro atoms. The van der Waals surface area contributed by atoms with Crippen molar-refractivity contribution >= 4 is 11.9 Å². The van der Waals surface area contributed by atoms with Crippen molar-refractivity contribution in [2.45, 2.75) is 25.7 Å². The van der Waals surface area contributed by atoms with Crippen LogP contribution in [0.25, 0.3) is 0 Å². The van der Waals surface area contributed by atoms with Gasteiger partial charge in [0, 0.05) is 6.54 Å². The Morgan fingerprint density at radius 3 is 2.47 bits per heavy atom. The van der Waals surface area contributed by atoms with Gasteiger partial charge in [-0.2, -0.15) is 0 Å². The first-order valence-corrected chi connectivity index (χ1v) is 6.63. The molecule has 1 aromatic carbocycles. The summed E-state index contributed by atoms with van der Waals surface area (Å²) in [5, 5.41) is 8.92. The van der Waals surface area contributed by atoms with Crippen molar-refractivity contribution in [2.75, 3.05) is 13.1 Å². The van der Waals surface area contributed by atoms with Crippen LogP contribution in [-0.4, -0.2) is 35.0 Å². The zero-order valence-corrected chi connectivity index (χ0v) is 11.1. The number of benzene rings is 1. The lowest BCUT2D eigenvalue weighted by Crippen LogP contribution is -2.39. The van der Waals surface area contributed by atoms with Crippen LogP contribution in [0.3, 0.4) is 0 Å². The van der Waals surface area contributed by atoms with Crippen LogP contribution >= 0.6 is 0 Å². The molecule has 1 amide bonds. The van der Waals surface area contributed by atoms with Crippen molar-refractivity contribution in [1.82, 2.24) is 4.90 Å². The molecular formula is C15H19NO3. The monoisotopic (exact) mass is 261 g/mol. The summed E-state index contributed by atoms with van der Waals surface area (Å²) in [6.07, 6.45) is 2.20. The first-order valence-electron chi connectivity index (χ1n) is 6.63. The van der Waals surface area contributed by atoms with Crippen molar-refractivity contribution in [3.63, 3.8) is 0 Å². The van der Waals surface area contributed by atoms with E-state index in [1.165, 1.54) is 4.90 Å². The van der Waals surface area contributed by atoms with Gasteiger partial charge in [0.25, 0.3) is 0 Å². The molecule has 0 aliphatic heterocycles. The third-order valence-electron chi connectivity index (χ3n) is 3.48. The average Bonchev–Trinajstić information content (AvgIpc) is 3.21. The quantitative estimate of drug-likeness (QED) is 0.853. The smallest absolute Gasteiger partial charge is 0.323 e. The maximum atomic E-state index is 12.4. The van der Waals surface area contributed by atoms with Crippen LogP contribution in [0.15, 0.2) is 30.3 Å². The molecule has 2 rings (SSSR count). The molecule has 19 heavy (non-hydrogen) atoms. The minimum atomic E-state index is -0.950. The van der Waals surface area contributed by atoms with Crippen LogP contribution in [0.2, 0.25) is 0 Å². The lowest BCUT2D eigenvalue weighted by molar-refractivity contribution is -0.145. The molecule has 0 heterocycles. The maximum Gasteiger partial charge on any atom is 0.323 e. The molecule has 0 aromatic heterocycles. The lowest BCUT2D eigenvalue weighted by atomic mass is 9.99. The highest BCUT2D eigenvalue weighted by Gasteiger charge is 2.30. The van der Waals surface area contributed by atoms with Crippen molar-refractivity contribution in [3.8, 4) is 0 Å². The Bertz CT molecular complexity index is 454. The summed E-state index contributed by atoms with van der Waals surface area (Å²) in [4.78, 5) is 24.8. The summed E-state index contributed by atoms with van der Waals surface area (Å²) < 4.78 is 0. The van der Waals surface area contributed by atoms with Gasteiger partial charge in [0.15, 0.2) is 0 Å². The standard InChI is InChI=1S/C15H19NO3/c1-11(13-5-3-2-4-6-13)15(19)16(10-14(17)18)9-12-7-8-12/h2-6,11-12H,7-10H2,1H3,(H,17,18). The lowest BCUT2D eigenvalue weighted by Gasteiger charge is -2.24. The number of amides is 1. The molecule has 102 valence electrons. The molecule has 0 radical (unpaired) electrons. The highest BCUT2D eigenvalue weighted by Crippen LogP contribution is 2.30. The molecule has 0 saturated heterocycles. The van der Waals surface area contributed by atoms with Crippen LogP contribution < -0.4 is 0 Å². The van der Waals surface area contributed by atoms with E-state index in [0.29, 0.717) is 12.5 Å². The van der Waals surface area contributed by atoms with Gasteiger partial charge in [0.05, 0.1) is 5.92 Å². The number of hydrogen-bond donors (Lipinski definition) is 1. The third-order valence-corrected chi connectivity index (χ3v) is 3.48. The van der Waals surface area contributed by atoms with Gasteiger partial charge in [0.2, 0.25) is 5.91 Å². The van der Waals surface area contributed by atoms with Crippen molar-refractivity contribution < 1.29 is 14.7 Å². The second-order valence-corrected chi connectivity index (χ2v) is 5.19. The molecule has 1 aliphatic rings. The van der Waals surface area contributed by atoms with Gasteiger partial charge in [-0.3, -0.25) is 9.59 Å². The predicted molar refractivity (Wildman–Crippen MR) is 71.8 cm³/mol. The fraction of sp³-hybridized carbons (Fsp3) is 0.467. The van der Waals surface area contributed by atoms with E-state index in [-0.39, 0.29) is 18.4 Å². The zero-order chi connectivity index (χ0) is 13.8. The van der Waals surface area contributed by atoms with E-state index in [9.17, 15) is 9.59 Å². The van der Waals surface area contributed by atoms with E-state index >= 15 is 0 Å². The fourth-order valence-corrected chi connectivity index (χ4v) is 2.17. The Hall–Kier alpha value is -1.84. The zero-order valence-electron chi connectivity index (χ0n) is 11.1. The van der Waals surface area contributed by atoms with Gasteiger partial charge in [-0.25, -0.2) is 0 Å². The van der Waals surface area contributed by atoms with Gasteiger partial charge in [0.1, 0.15) is 6.54 Å². The molecule has 1 atom stereocenters. The first-order chi connectivity index (χ1) is 9.08. The summed E-state index contributed by atoms with van der Waals surface area (Å²) >= 11 is 0. The number of carboxylic acid groups (broad SMARTS) is 1. The summed E-state index contributed by atoms with van der Waals surface area (Å²) in [7, 11) is 0. The van der Waals surface area contributed by atoms with E-state index in [0.717, 1.165) is 18.4 Å². The van der Waals surface area contributed by atoms with Gasteiger partial charge in [-0.15, -0.1) is 0 Å². The van der Waals surface area contributed by atoms with E-state index in [4.69, 9.17) is 5.11 Å². The number of aliphatic carboxylic acids is 1. The molecule has 4 nitrogen and oxygen atoms in total. The van der Waals surface area contributed by atoms with Crippen molar-refractivity contribution in [2.24, 2.45) is 5.92 Å². The summed E-state index contributed by atoms with van der Waals surface area (Å²) in [5.41, 5.74) is 0.929. The number of carboxylic acids is 1. The number of carbonyl (C=O) groups excluding carboxylic acids is 1. The van der Waals surface area contributed by atoms with Crippen LogP contribution in [0.4, 0.5) is 0 Å². The Balaban J connectivity index is 2.06. The van der Waals surface area contributed by atoms with Gasteiger partial charge < -0.3 is 10.0 Å². The SMILES string of the molecule is CC(C(=O)N(CC(=O)O)CC1CC1)c1ccccc1. The Labute approximate surface area is 113 Å². The molecule has 1 aromatic rings. The largest absolute Gasteiger partial charge is 0.480 e. The second-order valence-electron chi connectivity index (χ2n) is 5.19. The number of hydrogen-bond acceptors (Lipinski definition) is 2. The van der Waals surface area contributed by atoms with Gasteiger partial charge in [-0.1, -0.05) is 30.3 Å². The van der Waals surface area contributed by atoms with Crippen LogP contribution in [0.1, 0.15) is 31.2 Å². The third kappa shape index (κ3) is 3.81. The molecule has 1 saturated carbocycles. The molecule has 1 fully saturated rings. The van der Waals surface area contributed by atoms with E-state index < -0.39 is 5.97 Å². The molecule has 1 N–H and O–H groups in total. The molecule has 1 aliphatic carbocycles. The molecule has 1 unspecified atom stereocenters. The van der Waals surface area contributed by atoms with Crippen LogP contribution in [0.5, 0.6) is 0 Å². The number of carbonyl (C=O) groups is 2. The summed E-state index contributed by atoms with van der Waals surface area (Å²) in [5.74, 6) is -0.847. The number of nitrogens with zero attached hydrogens (tertiary/aromatic N) is 1. The second kappa shape index (κ2) is 5.87. The fourth-order valence-electron chi connectivity index (χ4n) is 2.17. The topological polar surface area (TPSA) is 57.6 Å². The normalized spacial score (nSPS) is 15.8. The summed E-state index contributed by atoms with van der Waals surface area (Å²) in [6.45, 7) is 2.20. The van der Waals surface area contributed by atoms with Crippen LogP contribution in [-0.2, 0) is 9.59 Å². The first kappa shape index (κ1) is 13.6. The number of rotatable bonds is 6. The van der Waals surface area contributed by atoms with Crippen molar-refractivity contribution in [3.05, 3.63) is 35.9 Å². The Kier molecular flexibility index (Phi) is 4.20. The Morgan fingerprint density at radius 2 is 1.95 bits per heavy atom. The van der Waals surface area contributed by atoms with E-state index in [1.807, 2.05) is 37.3 Å². The molecule has 0 bridgehead atoms. The minimum Gasteiger partial charge on any atom is -0.480 e. The van der Waals surface area contributed by atoms with Gasteiger partial charge >= 0.3 is 5.97 Å². The predicted octanol–water partition coefficient (Wildman–Crippen LogP) is 2.11. The van der Waals surface area contributed by atoms with E-state index in [1.54, 1.807) is 0 Å². The minimum absolute atomic E-state index is 0.0968. The molecular weight excluding hydrogens is 242 g/mol. The van der Waals surface area contributed by atoms with Gasteiger partial charge in [-0.05, 0) is 31.2 Å². The van der Waals surface area contributed by atoms with Crippen LogP contribution in [0, 0.1) is 5.92 Å². The summed E-state index contributed by atoms with van der Waals surface area (Å²) in [6, 6.07) is 9.49. The highest BCUT2D eigenvalue weighted by atomic mass is 16.4. The molecule has 4 heteroatoms. The van der Waals surface area contributed by atoms with E-state index in [2.05, 4.69) is 0 Å². The maximum absolute atomic E-state index is 12.4. The van der Waals surface area contributed by atoms with Crippen molar-refractivity contribution in [1.29, 1.82) is 0 Å². The Morgan fingerprint density at radius 1 is 1.32 bits per heavy atom. The average molecular weight is 261 g/mol.